The quantitative estimate of drug-likeness (QED) is 0.472. The van der Waals surface area contributed by atoms with Crippen LogP contribution < -0.4 is 0 Å². The van der Waals surface area contributed by atoms with E-state index in [0.717, 1.165) is 51.4 Å². The molecule has 0 radical (unpaired) electrons. The summed E-state index contributed by atoms with van der Waals surface area (Å²) in [7, 11) is 3.50. The van der Waals surface area contributed by atoms with Gasteiger partial charge in [0.05, 0.1) is 12.1 Å². The maximum atomic E-state index is 12.5. The molecular weight excluding hydrogens is 420 g/mol. The first kappa shape index (κ1) is 21.7. The molecule has 6 nitrogen and oxygen atoms in total. The van der Waals surface area contributed by atoms with Crippen molar-refractivity contribution in [3.63, 3.8) is 0 Å². The molecule has 162 valence electrons. The van der Waals surface area contributed by atoms with Crippen molar-refractivity contribution in [2.75, 3.05) is 0 Å². The Morgan fingerprint density at radius 1 is 0.667 bits per heavy atom. The van der Waals surface area contributed by atoms with E-state index in [-0.39, 0.29) is 46.2 Å². The van der Waals surface area contributed by atoms with E-state index in [1.165, 1.54) is 22.0 Å². The van der Waals surface area contributed by atoms with E-state index in [1.807, 2.05) is 0 Å². The summed E-state index contributed by atoms with van der Waals surface area (Å²) < 4.78 is 0. The van der Waals surface area contributed by atoms with Gasteiger partial charge >= 0.3 is 0 Å². The van der Waals surface area contributed by atoms with E-state index in [9.17, 15) is 19.2 Å². The molecule has 0 spiro atoms. The van der Waals surface area contributed by atoms with Crippen molar-refractivity contribution in [3.8, 4) is 0 Å². The molecule has 2 aliphatic carbocycles. The average Bonchev–Trinajstić information content (AvgIpc) is 3.13. The second-order valence-corrected chi connectivity index (χ2v) is 11.4. The van der Waals surface area contributed by atoms with E-state index in [4.69, 9.17) is 0 Å². The van der Waals surface area contributed by atoms with Crippen molar-refractivity contribution in [2.24, 2.45) is 0 Å². The number of rotatable bonds is 5. The van der Waals surface area contributed by atoms with Gasteiger partial charge in [-0.2, -0.15) is 0 Å². The van der Waals surface area contributed by atoms with Crippen LogP contribution in [0.2, 0.25) is 0 Å². The highest BCUT2D eigenvalue weighted by Gasteiger charge is 2.43. The SMILES string of the molecule is CC1=CC(=O)N(C2CCCCC2SSC2CCCCC2N2C(=O)C=C(C)C2=O)C1=O. The lowest BCUT2D eigenvalue weighted by Crippen LogP contribution is -2.48. The number of hydrogen-bond donors (Lipinski definition) is 0. The van der Waals surface area contributed by atoms with E-state index in [2.05, 4.69) is 0 Å². The molecule has 2 fully saturated rings. The van der Waals surface area contributed by atoms with Crippen molar-refractivity contribution in [1.29, 1.82) is 0 Å². The molecule has 0 N–H and O–H groups in total. The molecule has 4 amide bonds. The van der Waals surface area contributed by atoms with Crippen LogP contribution in [0.5, 0.6) is 0 Å². The molecule has 0 aromatic heterocycles. The normalized spacial score (nSPS) is 32.7. The zero-order chi connectivity index (χ0) is 21.4. The summed E-state index contributed by atoms with van der Waals surface area (Å²) in [6.07, 6.45) is 10.8. The van der Waals surface area contributed by atoms with Gasteiger partial charge in [0.1, 0.15) is 0 Å². The van der Waals surface area contributed by atoms with Crippen LogP contribution in [0.25, 0.3) is 0 Å². The lowest BCUT2D eigenvalue weighted by Gasteiger charge is -2.39. The molecule has 2 heterocycles. The van der Waals surface area contributed by atoms with Gasteiger partial charge in [-0.3, -0.25) is 29.0 Å². The number of carbonyl (C=O) groups is 4. The van der Waals surface area contributed by atoms with Crippen molar-refractivity contribution < 1.29 is 19.2 Å². The van der Waals surface area contributed by atoms with Crippen LogP contribution in [-0.2, 0) is 19.2 Å². The van der Waals surface area contributed by atoms with Crippen LogP contribution in [0.1, 0.15) is 65.2 Å². The Hall–Kier alpha value is -1.54. The second-order valence-electron chi connectivity index (χ2n) is 8.65. The standard InChI is InChI=1S/C22H28N2O4S2/c1-13-11-19(25)23(21(13)27)15-7-3-5-9-17(15)29-30-18-10-6-4-8-16(18)24-20(26)12-14(2)22(24)28/h11-12,15-18H,3-10H2,1-2H3. The Labute approximate surface area is 185 Å². The van der Waals surface area contributed by atoms with Crippen molar-refractivity contribution in [2.45, 2.75) is 87.8 Å². The molecule has 0 bridgehead atoms. The molecule has 4 unspecified atom stereocenters. The zero-order valence-corrected chi connectivity index (χ0v) is 19.1. The number of nitrogens with zero attached hydrogens (tertiary/aromatic N) is 2. The lowest BCUT2D eigenvalue weighted by molar-refractivity contribution is -0.142. The van der Waals surface area contributed by atoms with Gasteiger partial charge in [-0.25, -0.2) is 0 Å². The van der Waals surface area contributed by atoms with Crippen LogP contribution in [0.15, 0.2) is 23.3 Å². The molecule has 4 aliphatic rings. The van der Waals surface area contributed by atoms with Crippen LogP contribution in [0, 0.1) is 0 Å². The molecule has 4 rings (SSSR count). The molecule has 2 saturated carbocycles. The minimum Gasteiger partial charge on any atom is -0.271 e. The summed E-state index contributed by atoms with van der Waals surface area (Å²) in [4.78, 5) is 52.8. The lowest BCUT2D eigenvalue weighted by atomic mass is 9.93. The third kappa shape index (κ3) is 4.00. The van der Waals surface area contributed by atoms with Crippen molar-refractivity contribution in [1.82, 2.24) is 9.80 Å². The maximum Gasteiger partial charge on any atom is 0.256 e. The largest absolute Gasteiger partial charge is 0.271 e. The minimum atomic E-state index is -0.189. The summed E-state index contributed by atoms with van der Waals surface area (Å²) >= 11 is 0. The van der Waals surface area contributed by atoms with E-state index >= 15 is 0 Å². The van der Waals surface area contributed by atoms with Gasteiger partial charge in [0.15, 0.2) is 0 Å². The molecule has 0 aromatic carbocycles. The highest BCUT2D eigenvalue weighted by atomic mass is 33.1. The summed E-state index contributed by atoms with van der Waals surface area (Å²) in [6.45, 7) is 3.40. The molecule has 30 heavy (non-hydrogen) atoms. The van der Waals surface area contributed by atoms with Crippen LogP contribution in [0.3, 0.4) is 0 Å². The van der Waals surface area contributed by atoms with E-state index in [0.29, 0.717) is 11.1 Å². The molecule has 2 aliphatic heterocycles. The smallest absolute Gasteiger partial charge is 0.256 e. The summed E-state index contributed by atoms with van der Waals surface area (Å²) in [6, 6.07) is -0.156. The molecule has 4 atom stereocenters. The highest BCUT2D eigenvalue weighted by Crippen LogP contribution is 2.45. The van der Waals surface area contributed by atoms with Crippen molar-refractivity contribution >= 4 is 45.2 Å². The molecule has 0 saturated heterocycles. The van der Waals surface area contributed by atoms with Gasteiger partial charge in [0.25, 0.3) is 23.6 Å². The maximum absolute atomic E-state index is 12.5. The fourth-order valence-corrected chi connectivity index (χ4v) is 8.74. The third-order valence-electron chi connectivity index (χ3n) is 6.57. The number of amides is 4. The highest BCUT2D eigenvalue weighted by molar-refractivity contribution is 8.77. The number of hydrogen-bond acceptors (Lipinski definition) is 6. The van der Waals surface area contributed by atoms with E-state index in [1.54, 1.807) is 35.4 Å². The third-order valence-corrected chi connectivity index (χ3v) is 10.1. The average molecular weight is 449 g/mol. The fraction of sp³-hybridized carbons (Fsp3) is 0.636. The van der Waals surface area contributed by atoms with E-state index < -0.39 is 0 Å². The van der Waals surface area contributed by atoms with Crippen LogP contribution >= 0.6 is 21.6 Å². The van der Waals surface area contributed by atoms with Gasteiger partial charge in [0.2, 0.25) is 0 Å². The first-order chi connectivity index (χ1) is 14.4. The predicted molar refractivity (Wildman–Crippen MR) is 118 cm³/mol. The first-order valence-electron chi connectivity index (χ1n) is 10.8. The van der Waals surface area contributed by atoms with Gasteiger partial charge < -0.3 is 0 Å². The van der Waals surface area contributed by atoms with Gasteiger partial charge in [-0.05, 0) is 39.5 Å². The van der Waals surface area contributed by atoms with Gasteiger partial charge in [0, 0.05) is 33.8 Å². The minimum absolute atomic E-state index is 0.0778. The Bertz CT molecular complexity index is 769. The summed E-state index contributed by atoms with van der Waals surface area (Å²) in [5.74, 6) is -0.698. The molecule has 0 aromatic rings. The topological polar surface area (TPSA) is 74.8 Å². The fourth-order valence-electron chi connectivity index (χ4n) is 4.95. The van der Waals surface area contributed by atoms with Gasteiger partial charge in [-0.15, -0.1) is 0 Å². The summed E-state index contributed by atoms with van der Waals surface area (Å²) in [5.41, 5.74) is 1.03. The van der Waals surface area contributed by atoms with Crippen LogP contribution in [-0.4, -0.2) is 56.0 Å². The Balaban J connectivity index is 1.44. The monoisotopic (exact) mass is 448 g/mol. The molecular formula is C22H28N2O4S2. The van der Waals surface area contributed by atoms with Gasteiger partial charge in [-0.1, -0.05) is 47.3 Å². The Morgan fingerprint density at radius 3 is 1.37 bits per heavy atom. The van der Waals surface area contributed by atoms with Crippen LogP contribution in [0.4, 0.5) is 0 Å². The summed E-state index contributed by atoms with van der Waals surface area (Å²) in [5, 5.41) is 0.367. The Morgan fingerprint density at radius 2 is 1.03 bits per heavy atom. The number of imide groups is 2. The predicted octanol–water partition coefficient (Wildman–Crippen LogP) is 3.62. The zero-order valence-electron chi connectivity index (χ0n) is 17.5. The second kappa shape index (κ2) is 8.91. The number of carbonyl (C=O) groups excluding carboxylic acids is 4. The molecule has 8 heteroatoms. The Kier molecular flexibility index (Phi) is 6.44. The first-order valence-corrected chi connectivity index (χ1v) is 13.1. The van der Waals surface area contributed by atoms with Crippen molar-refractivity contribution in [3.05, 3.63) is 23.3 Å².